The highest BCUT2D eigenvalue weighted by molar-refractivity contribution is 5.96. The zero-order valence-corrected chi connectivity index (χ0v) is 11.1. The van der Waals surface area contributed by atoms with Gasteiger partial charge in [0.15, 0.2) is 0 Å². The number of fused-ring (bicyclic) bond motifs is 1. The lowest BCUT2D eigenvalue weighted by molar-refractivity contribution is -0.155. The van der Waals surface area contributed by atoms with Crippen molar-refractivity contribution in [3.63, 3.8) is 0 Å². The van der Waals surface area contributed by atoms with Gasteiger partial charge in [0.1, 0.15) is 12.4 Å². The number of Topliss-reactive ketones (excluding diaryl/α,β-unsaturated/α-hetero) is 1. The second-order valence-corrected chi connectivity index (χ2v) is 5.82. The number of rotatable bonds is 3. The molecule has 0 amide bonds. The summed E-state index contributed by atoms with van der Waals surface area (Å²) in [6.07, 6.45) is 2.32. The Morgan fingerprint density at radius 2 is 2.11 bits per heavy atom. The third kappa shape index (κ3) is 2.07. The van der Waals surface area contributed by atoms with Gasteiger partial charge < -0.3 is 4.74 Å². The van der Waals surface area contributed by atoms with Crippen molar-refractivity contribution in [2.45, 2.75) is 32.8 Å². The number of carbonyl (C=O) groups is 2. The Hall–Kier alpha value is -1.64. The van der Waals surface area contributed by atoms with Crippen LogP contribution >= 0.6 is 0 Å². The minimum atomic E-state index is -0.474. The first-order chi connectivity index (χ1) is 9.13. The van der Waals surface area contributed by atoms with E-state index in [1.807, 2.05) is 37.3 Å². The summed E-state index contributed by atoms with van der Waals surface area (Å²) in [6.45, 7) is 2.26. The zero-order chi connectivity index (χ0) is 13.5. The number of carbonyl (C=O) groups excluding carboxylic acids is 2. The maximum Gasteiger partial charge on any atom is 0.313 e. The molecule has 2 fully saturated rings. The number of esters is 1. The van der Waals surface area contributed by atoms with Crippen molar-refractivity contribution >= 4 is 11.8 Å². The van der Waals surface area contributed by atoms with Crippen LogP contribution in [-0.2, 0) is 20.9 Å². The second-order valence-electron chi connectivity index (χ2n) is 5.82. The van der Waals surface area contributed by atoms with E-state index in [2.05, 4.69) is 0 Å². The van der Waals surface area contributed by atoms with Crippen LogP contribution in [0.5, 0.6) is 0 Å². The van der Waals surface area contributed by atoms with Crippen LogP contribution in [0.25, 0.3) is 0 Å². The van der Waals surface area contributed by atoms with E-state index in [9.17, 15) is 9.59 Å². The zero-order valence-electron chi connectivity index (χ0n) is 11.1. The molecule has 0 N–H and O–H groups in total. The van der Waals surface area contributed by atoms with Crippen molar-refractivity contribution in [1.29, 1.82) is 0 Å². The molecule has 0 spiro atoms. The predicted octanol–water partition coefficient (Wildman–Crippen LogP) is 2.74. The molecule has 0 radical (unpaired) electrons. The van der Waals surface area contributed by atoms with Crippen molar-refractivity contribution in [3.8, 4) is 0 Å². The highest BCUT2D eigenvalue weighted by Gasteiger charge is 2.66. The third-order valence-electron chi connectivity index (χ3n) is 4.55. The molecule has 0 heterocycles. The van der Waals surface area contributed by atoms with E-state index in [0.29, 0.717) is 13.0 Å². The SMILES string of the molecule is CC1CCC2(C(=O)OCc3ccccc3)CC2C1=O. The third-order valence-corrected chi connectivity index (χ3v) is 4.55. The quantitative estimate of drug-likeness (QED) is 0.783. The molecular weight excluding hydrogens is 240 g/mol. The van der Waals surface area contributed by atoms with E-state index in [1.165, 1.54) is 0 Å². The van der Waals surface area contributed by atoms with Gasteiger partial charge in [-0.2, -0.15) is 0 Å². The molecule has 2 aliphatic rings. The van der Waals surface area contributed by atoms with Gasteiger partial charge >= 0.3 is 5.97 Å². The highest BCUT2D eigenvalue weighted by Crippen LogP contribution is 2.61. The highest BCUT2D eigenvalue weighted by atomic mass is 16.5. The summed E-state index contributed by atoms with van der Waals surface area (Å²) in [5, 5.41) is 0. The monoisotopic (exact) mass is 258 g/mol. The Bertz CT molecular complexity index is 508. The standard InChI is InChI=1S/C16H18O3/c1-11-7-8-16(9-13(16)14(11)17)15(18)19-10-12-5-3-2-4-6-12/h2-6,11,13H,7-10H2,1H3. The summed E-state index contributed by atoms with van der Waals surface area (Å²) < 4.78 is 5.40. The molecule has 2 aliphatic carbocycles. The van der Waals surface area contributed by atoms with E-state index in [0.717, 1.165) is 18.4 Å². The molecular formula is C16H18O3. The Labute approximate surface area is 113 Å². The average molecular weight is 258 g/mol. The normalized spacial score (nSPS) is 32.6. The Kier molecular flexibility index (Phi) is 2.92. The minimum Gasteiger partial charge on any atom is -0.460 e. The summed E-state index contributed by atoms with van der Waals surface area (Å²) in [5.41, 5.74) is 0.512. The van der Waals surface area contributed by atoms with Crippen molar-refractivity contribution in [1.82, 2.24) is 0 Å². The van der Waals surface area contributed by atoms with Crippen molar-refractivity contribution < 1.29 is 14.3 Å². The number of benzene rings is 1. The second kappa shape index (κ2) is 4.48. The number of hydrogen-bond acceptors (Lipinski definition) is 3. The maximum atomic E-state index is 12.2. The molecule has 0 aliphatic heterocycles. The number of ketones is 1. The summed E-state index contributed by atoms with van der Waals surface area (Å²) in [6, 6.07) is 9.65. The Morgan fingerprint density at radius 1 is 1.37 bits per heavy atom. The van der Waals surface area contributed by atoms with Crippen molar-refractivity contribution in [3.05, 3.63) is 35.9 Å². The molecule has 3 nitrogen and oxygen atoms in total. The fourth-order valence-corrected chi connectivity index (χ4v) is 3.11. The van der Waals surface area contributed by atoms with E-state index in [4.69, 9.17) is 4.74 Å². The van der Waals surface area contributed by atoms with Crippen LogP contribution in [0.3, 0.4) is 0 Å². The van der Waals surface area contributed by atoms with Crippen LogP contribution in [0, 0.1) is 17.3 Å². The molecule has 0 saturated heterocycles. The molecule has 1 aromatic carbocycles. The van der Waals surface area contributed by atoms with E-state index in [-0.39, 0.29) is 23.6 Å². The lowest BCUT2D eigenvalue weighted by atomic mass is 9.82. The number of hydrogen-bond donors (Lipinski definition) is 0. The summed E-state index contributed by atoms with van der Waals surface area (Å²) in [4.78, 5) is 24.2. The maximum absolute atomic E-state index is 12.2. The lowest BCUT2D eigenvalue weighted by Gasteiger charge is -2.23. The van der Waals surface area contributed by atoms with Crippen LogP contribution in [0.4, 0.5) is 0 Å². The van der Waals surface area contributed by atoms with Gasteiger partial charge in [0.05, 0.1) is 5.41 Å². The van der Waals surface area contributed by atoms with E-state index < -0.39 is 5.41 Å². The van der Waals surface area contributed by atoms with Crippen molar-refractivity contribution in [2.75, 3.05) is 0 Å². The first-order valence-electron chi connectivity index (χ1n) is 6.88. The summed E-state index contributed by atoms with van der Waals surface area (Å²) in [7, 11) is 0. The molecule has 19 heavy (non-hydrogen) atoms. The molecule has 3 heteroatoms. The summed E-state index contributed by atoms with van der Waals surface area (Å²) in [5.74, 6) is 0.117. The Morgan fingerprint density at radius 3 is 2.84 bits per heavy atom. The summed E-state index contributed by atoms with van der Waals surface area (Å²) >= 11 is 0. The molecule has 0 bridgehead atoms. The van der Waals surface area contributed by atoms with E-state index >= 15 is 0 Å². The smallest absolute Gasteiger partial charge is 0.313 e. The van der Waals surface area contributed by atoms with E-state index in [1.54, 1.807) is 0 Å². The fourth-order valence-electron chi connectivity index (χ4n) is 3.11. The largest absolute Gasteiger partial charge is 0.460 e. The van der Waals surface area contributed by atoms with Gasteiger partial charge in [-0.05, 0) is 24.8 Å². The van der Waals surface area contributed by atoms with Gasteiger partial charge in [-0.1, -0.05) is 37.3 Å². The molecule has 3 atom stereocenters. The van der Waals surface area contributed by atoms with Gasteiger partial charge in [0.2, 0.25) is 0 Å². The predicted molar refractivity (Wildman–Crippen MR) is 70.2 cm³/mol. The van der Waals surface area contributed by atoms with Gasteiger partial charge in [-0.3, -0.25) is 9.59 Å². The van der Waals surface area contributed by atoms with Crippen LogP contribution in [0.2, 0.25) is 0 Å². The molecule has 2 saturated carbocycles. The molecule has 3 unspecified atom stereocenters. The number of ether oxygens (including phenoxy) is 1. The topological polar surface area (TPSA) is 43.4 Å². The van der Waals surface area contributed by atoms with Gasteiger partial charge in [0, 0.05) is 11.8 Å². The molecule has 3 rings (SSSR count). The van der Waals surface area contributed by atoms with Crippen LogP contribution in [0.15, 0.2) is 30.3 Å². The van der Waals surface area contributed by atoms with Crippen LogP contribution in [-0.4, -0.2) is 11.8 Å². The lowest BCUT2D eigenvalue weighted by Crippen LogP contribution is -2.31. The van der Waals surface area contributed by atoms with Gasteiger partial charge in [-0.25, -0.2) is 0 Å². The molecule has 100 valence electrons. The van der Waals surface area contributed by atoms with Crippen LogP contribution < -0.4 is 0 Å². The first kappa shape index (κ1) is 12.4. The van der Waals surface area contributed by atoms with Gasteiger partial charge in [0.25, 0.3) is 0 Å². The first-order valence-corrected chi connectivity index (χ1v) is 6.88. The average Bonchev–Trinajstić information content (AvgIpc) is 3.19. The van der Waals surface area contributed by atoms with Crippen molar-refractivity contribution in [2.24, 2.45) is 17.3 Å². The van der Waals surface area contributed by atoms with Gasteiger partial charge in [-0.15, -0.1) is 0 Å². The Balaban J connectivity index is 1.62. The van der Waals surface area contributed by atoms with Crippen LogP contribution in [0.1, 0.15) is 31.7 Å². The fraction of sp³-hybridized carbons (Fsp3) is 0.500. The minimum absolute atomic E-state index is 0.0699. The molecule has 1 aromatic rings. The molecule has 0 aromatic heterocycles.